The number of nitrogens with zero attached hydrogens (tertiary/aromatic N) is 2. The van der Waals surface area contributed by atoms with Crippen molar-refractivity contribution in [3.8, 4) is 11.8 Å². The fourth-order valence-corrected chi connectivity index (χ4v) is 2.55. The molecule has 1 aromatic heterocycles. The van der Waals surface area contributed by atoms with Crippen LogP contribution in [0.4, 0.5) is 0 Å². The van der Waals surface area contributed by atoms with E-state index in [2.05, 4.69) is 29.0 Å². The molecule has 0 aliphatic rings. The Morgan fingerprint density at radius 2 is 2.00 bits per heavy atom. The van der Waals surface area contributed by atoms with Crippen LogP contribution < -0.4 is 4.74 Å². The number of hydrogen-bond donors (Lipinski definition) is 0. The van der Waals surface area contributed by atoms with E-state index in [-0.39, 0.29) is 0 Å². The van der Waals surface area contributed by atoms with Gasteiger partial charge in [-0.3, -0.25) is 0 Å². The summed E-state index contributed by atoms with van der Waals surface area (Å²) in [6.07, 6.45) is 2.06. The number of hydrogen-bond acceptors (Lipinski definition) is 2. The molecule has 2 aromatic carbocycles. The first kappa shape index (κ1) is 13.3. The molecule has 3 aromatic rings. The normalized spacial score (nSPS) is 10.5. The van der Waals surface area contributed by atoms with Gasteiger partial charge in [-0.15, -0.1) is 0 Å². The Bertz CT molecular complexity index is 811. The molecule has 0 atom stereocenters. The topological polar surface area (TPSA) is 38.0 Å². The highest BCUT2D eigenvalue weighted by atomic mass is 16.5. The number of rotatable bonds is 4. The predicted molar refractivity (Wildman–Crippen MR) is 83.4 cm³/mol. The molecule has 0 saturated carbocycles. The van der Waals surface area contributed by atoms with Crippen LogP contribution in [0.5, 0.6) is 5.75 Å². The number of nitriles is 1. The minimum atomic E-state index is 0.661. The molecule has 0 amide bonds. The van der Waals surface area contributed by atoms with E-state index in [4.69, 9.17) is 10.00 Å². The van der Waals surface area contributed by atoms with Crippen molar-refractivity contribution in [2.24, 2.45) is 0 Å². The Morgan fingerprint density at radius 3 is 2.81 bits per heavy atom. The molecule has 0 aliphatic heterocycles. The molecule has 0 aliphatic carbocycles. The monoisotopic (exact) mass is 276 g/mol. The van der Waals surface area contributed by atoms with Crippen LogP contribution in [0.1, 0.15) is 18.1 Å². The van der Waals surface area contributed by atoms with Gasteiger partial charge >= 0.3 is 0 Å². The fourth-order valence-electron chi connectivity index (χ4n) is 2.55. The Hall–Kier alpha value is -2.73. The molecule has 0 N–H and O–H groups in total. The first-order chi connectivity index (χ1) is 10.3. The van der Waals surface area contributed by atoms with Crippen LogP contribution in [0.25, 0.3) is 10.9 Å². The highest BCUT2D eigenvalue weighted by molar-refractivity contribution is 5.86. The lowest BCUT2D eigenvalue weighted by Gasteiger charge is -2.08. The first-order valence-corrected chi connectivity index (χ1v) is 7.01. The minimum absolute atomic E-state index is 0.661. The molecule has 0 saturated heterocycles. The highest BCUT2D eigenvalue weighted by Crippen LogP contribution is 2.27. The standard InChI is InChI=1S/C18H16N2O/c1-2-21-18-8-4-7-17-16(18)9-10-20(17)13-15-6-3-5-14(11-15)12-19/h3-11H,2,13H2,1H3. The maximum Gasteiger partial charge on any atom is 0.128 e. The molecule has 21 heavy (non-hydrogen) atoms. The second-order valence-corrected chi connectivity index (χ2v) is 4.88. The number of benzene rings is 2. The molecule has 3 nitrogen and oxygen atoms in total. The molecule has 3 heteroatoms. The summed E-state index contributed by atoms with van der Waals surface area (Å²) in [5.41, 5.74) is 2.95. The largest absolute Gasteiger partial charge is 0.493 e. The van der Waals surface area contributed by atoms with Gasteiger partial charge in [0.15, 0.2) is 0 Å². The summed E-state index contributed by atoms with van der Waals surface area (Å²) in [6.45, 7) is 3.40. The average molecular weight is 276 g/mol. The summed E-state index contributed by atoms with van der Waals surface area (Å²) in [5.74, 6) is 0.916. The summed E-state index contributed by atoms with van der Waals surface area (Å²) < 4.78 is 7.84. The number of fused-ring (bicyclic) bond motifs is 1. The molecular weight excluding hydrogens is 260 g/mol. The second-order valence-electron chi connectivity index (χ2n) is 4.88. The zero-order valence-corrected chi connectivity index (χ0v) is 11.9. The van der Waals surface area contributed by atoms with Crippen LogP contribution in [-0.2, 0) is 6.54 Å². The SMILES string of the molecule is CCOc1cccc2c1ccn2Cc1cccc(C#N)c1. The summed E-state index contributed by atoms with van der Waals surface area (Å²) in [6, 6.07) is 18.1. The molecule has 0 radical (unpaired) electrons. The molecule has 0 unspecified atom stereocenters. The van der Waals surface area contributed by atoms with E-state index in [1.807, 2.05) is 43.3 Å². The third-order valence-electron chi connectivity index (χ3n) is 3.48. The lowest BCUT2D eigenvalue weighted by Crippen LogP contribution is -1.98. The van der Waals surface area contributed by atoms with E-state index in [0.717, 1.165) is 28.8 Å². The van der Waals surface area contributed by atoms with Crippen molar-refractivity contribution >= 4 is 10.9 Å². The van der Waals surface area contributed by atoms with Gasteiger partial charge in [0, 0.05) is 18.1 Å². The lowest BCUT2D eigenvalue weighted by molar-refractivity contribution is 0.344. The summed E-state index contributed by atoms with van der Waals surface area (Å²) in [7, 11) is 0. The highest BCUT2D eigenvalue weighted by Gasteiger charge is 2.06. The van der Waals surface area contributed by atoms with Gasteiger partial charge in [0.25, 0.3) is 0 Å². The first-order valence-electron chi connectivity index (χ1n) is 7.01. The van der Waals surface area contributed by atoms with Gasteiger partial charge in [0.05, 0.1) is 23.8 Å². The van der Waals surface area contributed by atoms with Gasteiger partial charge in [-0.25, -0.2) is 0 Å². The van der Waals surface area contributed by atoms with Gasteiger partial charge < -0.3 is 9.30 Å². The maximum absolute atomic E-state index is 8.98. The van der Waals surface area contributed by atoms with Crippen LogP contribution in [0.2, 0.25) is 0 Å². The van der Waals surface area contributed by atoms with Crippen LogP contribution in [0, 0.1) is 11.3 Å². The van der Waals surface area contributed by atoms with E-state index >= 15 is 0 Å². The van der Waals surface area contributed by atoms with Crippen molar-refractivity contribution in [1.82, 2.24) is 4.57 Å². The van der Waals surface area contributed by atoms with Crippen LogP contribution >= 0.6 is 0 Å². The smallest absolute Gasteiger partial charge is 0.128 e. The Balaban J connectivity index is 1.98. The zero-order chi connectivity index (χ0) is 14.7. The van der Waals surface area contributed by atoms with E-state index in [0.29, 0.717) is 12.2 Å². The maximum atomic E-state index is 8.98. The molecule has 3 rings (SSSR count). The minimum Gasteiger partial charge on any atom is -0.493 e. The van der Waals surface area contributed by atoms with Crippen molar-refractivity contribution in [2.45, 2.75) is 13.5 Å². The Morgan fingerprint density at radius 1 is 1.14 bits per heavy atom. The van der Waals surface area contributed by atoms with Crippen molar-refractivity contribution in [3.63, 3.8) is 0 Å². The van der Waals surface area contributed by atoms with Crippen LogP contribution in [-0.4, -0.2) is 11.2 Å². The number of aromatic nitrogens is 1. The molecule has 1 heterocycles. The Labute approximate surface area is 124 Å². The Kier molecular flexibility index (Phi) is 3.61. The molecule has 0 fully saturated rings. The summed E-state index contributed by atoms with van der Waals surface area (Å²) in [5, 5.41) is 10.1. The van der Waals surface area contributed by atoms with Crippen molar-refractivity contribution < 1.29 is 4.74 Å². The third kappa shape index (κ3) is 2.61. The summed E-state index contributed by atoms with van der Waals surface area (Å²) >= 11 is 0. The van der Waals surface area contributed by atoms with Gasteiger partial charge in [-0.05, 0) is 42.8 Å². The molecule has 0 spiro atoms. The van der Waals surface area contributed by atoms with Gasteiger partial charge in [0.1, 0.15) is 5.75 Å². The molecule has 0 bridgehead atoms. The van der Waals surface area contributed by atoms with Crippen LogP contribution in [0.15, 0.2) is 54.7 Å². The second kappa shape index (κ2) is 5.72. The zero-order valence-electron chi connectivity index (χ0n) is 11.9. The van der Waals surface area contributed by atoms with E-state index in [9.17, 15) is 0 Å². The van der Waals surface area contributed by atoms with Crippen molar-refractivity contribution in [1.29, 1.82) is 5.26 Å². The van der Waals surface area contributed by atoms with E-state index in [1.165, 1.54) is 0 Å². The third-order valence-corrected chi connectivity index (χ3v) is 3.48. The van der Waals surface area contributed by atoms with E-state index < -0.39 is 0 Å². The molecular formula is C18H16N2O. The predicted octanol–water partition coefficient (Wildman–Crippen LogP) is 3.96. The fraction of sp³-hybridized carbons (Fsp3) is 0.167. The summed E-state index contributed by atoms with van der Waals surface area (Å²) in [4.78, 5) is 0. The van der Waals surface area contributed by atoms with Gasteiger partial charge in [-0.1, -0.05) is 18.2 Å². The van der Waals surface area contributed by atoms with Crippen molar-refractivity contribution in [3.05, 3.63) is 65.9 Å². The lowest BCUT2D eigenvalue weighted by atomic mass is 10.1. The van der Waals surface area contributed by atoms with Crippen molar-refractivity contribution in [2.75, 3.05) is 6.61 Å². The van der Waals surface area contributed by atoms with Gasteiger partial charge in [0.2, 0.25) is 0 Å². The van der Waals surface area contributed by atoms with Crippen LogP contribution in [0.3, 0.4) is 0 Å². The van der Waals surface area contributed by atoms with E-state index in [1.54, 1.807) is 0 Å². The average Bonchev–Trinajstić information content (AvgIpc) is 2.92. The molecule has 104 valence electrons. The quantitative estimate of drug-likeness (QED) is 0.723. The number of ether oxygens (including phenoxy) is 1. The van der Waals surface area contributed by atoms with Gasteiger partial charge in [-0.2, -0.15) is 5.26 Å².